The third-order valence-electron chi connectivity index (χ3n) is 3.29. The van der Waals surface area contributed by atoms with E-state index < -0.39 is 11.9 Å². The first-order valence-electron chi connectivity index (χ1n) is 6.84. The molecule has 1 N–H and O–H groups in total. The number of hydrogen-bond acceptors (Lipinski definition) is 5. The highest BCUT2D eigenvalue weighted by atomic mass is 32.1. The van der Waals surface area contributed by atoms with Gasteiger partial charge in [-0.1, -0.05) is 6.92 Å². The topological polar surface area (TPSA) is 49.2 Å². The van der Waals surface area contributed by atoms with Crippen LogP contribution < -0.4 is 0 Å². The molecule has 0 fully saturated rings. The van der Waals surface area contributed by atoms with Crippen LogP contribution in [0.1, 0.15) is 29.4 Å². The van der Waals surface area contributed by atoms with Crippen molar-refractivity contribution in [2.24, 2.45) is 5.92 Å². The van der Waals surface area contributed by atoms with Crippen LogP contribution in [0.15, 0.2) is 23.7 Å². The second kappa shape index (κ2) is 7.06. The summed E-state index contributed by atoms with van der Waals surface area (Å²) < 4.78 is 12.8. The average Bonchev–Trinajstić information content (AvgIpc) is 2.83. The molecular weight excluding hydrogens is 289 g/mol. The number of pyridine rings is 1. The SMILES string of the molecule is Cc1nc(CN(C)CC(C)C(O)c2ccc(F)cn2)cs1. The van der Waals surface area contributed by atoms with Crippen molar-refractivity contribution in [1.29, 1.82) is 0 Å². The molecule has 2 unspecified atom stereocenters. The number of thiazole rings is 1. The lowest BCUT2D eigenvalue weighted by Crippen LogP contribution is -2.27. The Balaban J connectivity index is 1.90. The number of nitrogens with zero attached hydrogens (tertiary/aromatic N) is 3. The lowest BCUT2D eigenvalue weighted by molar-refractivity contribution is 0.0894. The summed E-state index contributed by atoms with van der Waals surface area (Å²) in [4.78, 5) is 10.5. The minimum atomic E-state index is -0.703. The fraction of sp³-hybridized carbons (Fsp3) is 0.467. The molecule has 0 aliphatic rings. The lowest BCUT2D eigenvalue weighted by atomic mass is 10.0. The predicted molar refractivity (Wildman–Crippen MR) is 81.5 cm³/mol. The van der Waals surface area contributed by atoms with Gasteiger partial charge in [-0.3, -0.25) is 4.98 Å². The zero-order valence-corrected chi connectivity index (χ0v) is 13.3. The lowest BCUT2D eigenvalue weighted by Gasteiger charge is -2.24. The van der Waals surface area contributed by atoms with Gasteiger partial charge in [0.2, 0.25) is 0 Å². The van der Waals surface area contributed by atoms with Crippen molar-refractivity contribution in [3.8, 4) is 0 Å². The zero-order valence-electron chi connectivity index (χ0n) is 12.5. The molecule has 0 bridgehead atoms. The molecule has 21 heavy (non-hydrogen) atoms. The Kier molecular flexibility index (Phi) is 5.39. The van der Waals surface area contributed by atoms with Gasteiger partial charge in [-0.25, -0.2) is 9.37 Å². The van der Waals surface area contributed by atoms with Crippen molar-refractivity contribution >= 4 is 11.3 Å². The highest BCUT2D eigenvalue weighted by Crippen LogP contribution is 2.21. The first-order valence-corrected chi connectivity index (χ1v) is 7.72. The number of aromatic nitrogens is 2. The molecule has 114 valence electrons. The summed E-state index contributed by atoms with van der Waals surface area (Å²) in [5.74, 6) is -0.401. The molecule has 0 spiro atoms. The molecular formula is C15H20FN3OS. The van der Waals surface area contributed by atoms with Crippen LogP contribution in [-0.2, 0) is 6.54 Å². The van der Waals surface area contributed by atoms with Crippen molar-refractivity contribution < 1.29 is 9.50 Å². The molecule has 0 saturated heterocycles. The van der Waals surface area contributed by atoms with Gasteiger partial charge in [0, 0.05) is 24.4 Å². The summed E-state index contributed by atoms with van der Waals surface area (Å²) in [6.07, 6.45) is 0.428. The molecule has 6 heteroatoms. The number of aryl methyl sites for hydroxylation is 1. The molecule has 0 radical (unpaired) electrons. The maximum absolute atomic E-state index is 12.8. The van der Waals surface area contributed by atoms with E-state index in [1.165, 1.54) is 12.1 Å². The molecule has 0 aliphatic heterocycles. The zero-order chi connectivity index (χ0) is 15.4. The van der Waals surface area contributed by atoms with Crippen LogP contribution in [0.25, 0.3) is 0 Å². The van der Waals surface area contributed by atoms with Crippen molar-refractivity contribution in [2.75, 3.05) is 13.6 Å². The van der Waals surface area contributed by atoms with E-state index in [1.54, 1.807) is 11.3 Å². The van der Waals surface area contributed by atoms with Crippen LogP contribution in [0.5, 0.6) is 0 Å². The summed E-state index contributed by atoms with van der Waals surface area (Å²) in [7, 11) is 2.00. The quantitative estimate of drug-likeness (QED) is 0.891. The fourth-order valence-corrected chi connectivity index (χ4v) is 2.87. The first-order chi connectivity index (χ1) is 9.95. The molecule has 2 atom stereocenters. The average molecular weight is 309 g/mol. The Hall–Kier alpha value is -1.37. The Morgan fingerprint density at radius 2 is 2.19 bits per heavy atom. The van der Waals surface area contributed by atoms with Gasteiger partial charge in [-0.2, -0.15) is 0 Å². The molecule has 0 aliphatic carbocycles. The number of aliphatic hydroxyl groups excluding tert-OH is 1. The smallest absolute Gasteiger partial charge is 0.141 e. The molecule has 2 aromatic rings. The number of hydrogen-bond donors (Lipinski definition) is 1. The van der Waals surface area contributed by atoms with Crippen molar-refractivity contribution in [2.45, 2.75) is 26.5 Å². The van der Waals surface area contributed by atoms with Gasteiger partial charge in [0.05, 0.1) is 28.7 Å². The second-order valence-electron chi connectivity index (χ2n) is 5.38. The fourth-order valence-electron chi connectivity index (χ4n) is 2.27. The largest absolute Gasteiger partial charge is 0.386 e. The van der Waals surface area contributed by atoms with Gasteiger partial charge in [-0.15, -0.1) is 11.3 Å². The number of aliphatic hydroxyl groups is 1. The summed E-state index contributed by atoms with van der Waals surface area (Å²) in [5.41, 5.74) is 1.54. The van der Waals surface area contributed by atoms with Crippen LogP contribution in [-0.4, -0.2) is 33.6 Å². The normalized spacial score (nSPS) is 14.4. The molecule has 2 heterocycles. The molecule has 2 aromatic heterocycles. The summed E-state index contributed by atoms with van der Waals surface area (Å²) in [6.45, 7) is 5.40. The third-order valence-corrected chi connectivity index (χ3v) is 4.11. The van der Waals surface area contributed by atoms with Crippen LogP contribution >= 0.6 is 11.3 Å². The maximum atomic E-state index is 12.8. The van der Waals surface area contributed by atoms with E-state index in [0.717, 1.165) is 23.4 Å². The maximum Gasteiger partial charge on any atom is 0.141 e. The standard InChI is InChI=1S/C15H20FN3OS/c1-10(15(20)14-5-4-12(16)6-17-14)7-19(3)8-13-9-21-11(2)18-13/h4-6,9-10,15,20H,7-8H2,1-3H3. The van der Waals surface area contributed by atoms with Gasteiger partial charge in [0.15, 0.2) is 0 Å². The Morgan fingerprint density at radius 1 is 1.43 bits per heavy atom. The van der Waals surface area contributed by atoms with Crippen LogP contribution in [0.3, 0.4) is 0 Å². The van der Waals surface area contributed by atoms with Gasteiger partial charge in [-0.05, 0) is 26.1 Å². The van der Waals surface area contributed by atoms with E-state index in [1.807, 2.05) is 20.9 Å². The minimum Gasteiger partial charge on any atom is -0.386 e. The van der Waals surface area contributed by atoms with Crippen LogP contribution in [0.2, 0.25) is 0 Å². The Labute approximate surface area is 128 Å². The van der Waals surface area contributed by atoms with E-state index in [0.29, 0.717) is 12.2 Å². The highest BCUT2D eigenvalue weighted by molar-refractivity contribution is 7.09. The summed E-state index contributed by atoms with van der Waals surface area (Å²) in [6, 6.07) is 2.85. The minimum absolute atomic E-state index is 0.00676. The van der Waals surface area contributed by atoms with Crippen molar-refractivity contribution in [1.82, 2.24) is 14.9 Å². The van der Waals surface area contributed by atoms with E-state index in [9.17, 15) is 9.50 Å². The summed E-state index contributed by atoms with van der Waals surface area (Å²) in [5, 5.41) is 13.4. The Morgan fingerprint density at radius 3 is 2.76 bits per heavy atom. The van der Waals surface area contributed by atoms with Gasteiger partial charge in [0.1, 0.15) is 5.82 Å². The van der Waals surface area contributed by atoms with E-state index >= 15 is 0 Å². The summed E-state index contributed by atoms with van der Waals surface area (Å²) >= 11 is 1.64. The van der Waals surface area contributed by atoms with Crippen LogP contribution in [0, 0.1) is 18.7 Å². The van der Waals surface area contributed by atoms with Gasteiger partial charge in [0.25, 0.3) is 0 Å². The monoisotopic (exact) mass is 309 g/mol. The molecule has 0 amide bonds. The molecule has 0 saturated carbocycles. The van der Waals surface area contributed by atoms with E-state index in [4.69, 9.17) is 0 Å². The van der Waals surface area contributed by atoms with Crippen molar-refractivity contribution in [3.05, 3.63) is 45.9 Å². The van der Waals surface area contributed by atoms with Crippen LogP contribution in [0.4, 0.5) is 4.39 Å². The molecule has 2 rings (SSSR count). The third kappa shape index (κ3) is 4.56. The van der Waals surface area contributed by atoms with Gasteiger partial charge < -0.3 is 10.0 Å². The molecule has 4 nitrogen and oxygen atoms in total. The Bertz CT molecular complexity index is 573. The van der Waals surface area contributed by atoms with E-state index in [2.05, 4.69) is 20.2 Å². The number of rotatable bonds is 6. The first kappa shape index (κ1) is 16.0. The van der Waals surface area contributed by atoms with E-state index in [-0.39, 0.29) is 5.92 Å². The van der Waals surface area contributed by atoms with Crippen molar-refractivity contribution in [3.63, 3.8) is 0 Å². The second-order valence-corrected chi connectivity index (χ2v) is 6.44. The molecule has 0 aromatic carbocycles. The number of halogens is 1. The highest BCUT2D eigenvalue weighted by Gasteiger charge is 2.19. The van der Waals surface area contributed by atoms with Gasteiger partial charge >= 0.3 is 0 Å². The predicted octanol–water partition coefficient (Wildman–Crippen LogP) is 2.79.